The number of carbonyl (C=O) groups excluding carboxylic acids is 3. The predicted octanol–water partition coefficient (Wildman–Crippen LogP) is 4.55. The number of nitriles is 1. The minimum atomic E-state index is -0.653. The average Bonchev–Trinajstić information content (AvgIpc) is 3.24. The lowest BCUT2D eigenvalue weighted by Crippen LogP contribution is -2.42. The first-order valence-corrected chi connectivity index (χ1v) is 10.1. The first kappa shape index (κ1) is 22.8. The van der Waals surface area contributed by atoms with Gasteiger partial charge in [-0.1, -0.05) is 17.7 Å². The summed E-state index contributed by atoms with van der Waals surface area (Å²) in [5, 5.41) is 9.64. The number of esters is 1. The standard InChI is InChI=1S/C24H19ClN2O5/c1-4-10-27-22(28)17(14(3)19(13-26)23(27)29)12-16-7-9-21(32-16)15-6-8-20(25)18(11-15)24(30)31-5-2/h4,6-9,11-12H,1,5,10H2,2-3H3/b17-12+. The summed E-state index contributed by atoms with van der Waals surface area (Å²) in [5.74, 6) is -0.970. The van der Waals surface area contributed by atoms with E-state index in [-0.39, 0.29) is 40.5 Å². The maximum absolute atomic E-state index is 12.8. The van der Waals surface area contributed by atoms with Gasteiger partial charge in [-0.2, -0.15) is 5.26 Å². The Kier molecular flexibility index (Phi) is 6.76. The SMILES string of the molecule is C=CCN1C(=O)C(C#N)=C(C)/C(=C\c2ccc(-c3ccc(Cl)c(C(=O)OCC)c3)o2)C1=O. The molecule has 0 saturated heterocycles. The van der Waals surface area contributed by atoms with Gasteiger partial charge in [0.05, 0.1) is 17.2 Å². The molecule has 0 N–H and O–H groups in total. The third kappa shape index (κ3) is 4.27. The molecule has 0 atom stereocenters. The number of nitrogens with zero attached hydrogens (tertiary/aromatic N) is 2. The number of hydrogen-bond donors (Lipinski definition) is 0. The van der Waals surface area contributed by atoms with E-state index < -0.39 is 17.8 Å². The van der Waals surface area contributed by atoms with Crippen molar-refractivity contribution in [3.8, 4) is 17.4 Å². The lowest BCUT2D eigenvalue weighted by Gasteiger charge is -2.26. The Labute approximate surface area is 189 Å². The molecule has 0 saturated carbocycles. The van der Waals surface area contributed by atoms with Gasteiger partial charge in [-0.25, -0.2) is 4.79 Å². The highest BCUT2D eigenvalue weighted by atomic mass is 35.5. The van der Waals surface area contributed by atoms with E-state index in [0.29, 0.717) is 17.1 Å². The van der Waals surface area contributed by atoms with Crippen LogP contribution in [0.2, 0.25) is 5.02 Å². The topological polar surface area (TPSA) is 101 Å². The van der Waals surface area contributed by atoms with Crippen LogP contribution in [0.3, 0.4) is 0 Å². The molecule has 0 spiro atoms. The summed E-state index contributed by atoms with van der Waals surface area (Å²) in [5.41, 5.74) is 1.14. The molecule has 0 fully saturated rings. The van der Waals surface area contributed by atoms with Crippen molar-refractivity contribution in [2.24, 2.45) is 0 Å². The molecular weight excluding hydrogens is 432 g/mol. The molecule has 0 aliphatic carbocycles. The Hall–Kier alpha value is -3.89. The molecule has 162 valence electrons. The van der Waals surface area contributed by atoms with Crippen molar-refractivity contribution in [2.75, 3.05) is 13.2 Å². The molecule has 3 rings (SSSR count). The van der Waals surface area contributed by atoms with E-state index in [2.05, 4.69) is 6.58 Å². The van der Waals surface area contributed by atoms with Crippen LogP contribution in [0.4, 0.5) is 0 Å². The van der Waals surface area contributed by atoms with Crippen LogP contribution in [0.5, 0.6) is 0 Å². The van der Waals surface area contributed by atoms with Crippen molar-refractivity contribution < 1.29 is 23.5 Å². The van der Waals surface area contributed by atoms with E-state index >= 15 is 0 Å². The molecule has 1 aromatic heterocycles. The molecule has 32 heavy (non-hydrogen) atoms. The van der Waals surface area contributed by atoms with Crippen molar-refractivity contribution in [3.05, 3.63) is 76.1 Å². The smallest absolute Gasteiger partial charge is 0.339 e. The van der Waals surface area contributed by atoms with Gasteiger partial charge in [-0.15, -0.1) is 6.58 Å². The fourth-order valence-electron chi connectivity index (χ4n) is 3.20. The third-order valence-electron chi connectivity index (χ3n) is 4.80. The van der Waals surface area contributed by atoms with E-state index in [9.17, 15) is 19.6 Å². The molecule has 0 unspecified atom stereocenters. The summed E-state index contributed by atoms with van der Waals surface area (Å²) in [6, 6.07) is 10.0. The molecule has 7 nitrogen and oxygen atoms in total. The van der Waals surface area contributed by atoms with Gasteiger partial charge in [0.2, 0.25) is 0 Å². The monoisotopic (exact) mass is 450 g/mol. The second-order valence-electron chi connectivity index (χ2n) is 6.80. The van der Waals surface area contributed by atoms with Gasteiger partial charge in [-0.05, 0) is 55.8 Å². The highest BCUT2D eigenvalue weighted by molar-refractivity contribution is 6.33. The zero-order valence-corrected chi connectivity index (χ0v) is 18.2. The zero-order valence-electron chi connectivity index (χ0n) is 17.5. The highest BCUT2D eigenvalue weighted by Crippen LogP contribution is 2.31. The lowest BCUT2D eigenvalue weighted by molar-refractivity contribution is -0.139. The maximum Gasteiger partial charge on any atom is 0.339 e. The molecule has 0 bridgehead atoms. The molecule has 2 heterocycles. The minimum Gasteiger partial charge on any atom is -0.462 e. The zero-order chi connectivity index (χ0) is 23.4. The molecule has 2 amide bonds. The van der Waals surface area contributed by atoms with Crippen LogP contribution in [0, 0.1) is 11.3 Å². The van der Waals surface area contributed by atoms with E-state index in [0.717, 1.165) is 4.90 Å². The molecular formula is C24H19ClN2O5. The number of benzene rings is 1. The van der Waals surface area contributed by atoms with Gasteiger partial charge >= 0.3 is 5.97 Å². The molecule has 8 heteroatoms. The van der Waals surface area contributed by atoms with Crippen LogP contribution in [-0.4, -0.2) is 35.8 Å². The number of ether oxygens (including phenoxy) is 1. The average molecular weight is 451 g/mol. The Morgan fingerprint density at radius 3 is 2.69 bits per heavy atom. The number of imide groups is 1. The van der Waals surface area contributed by atoms with Gasteiger partial charge < -0.3 is 9.15 Å². The number of halogens is 1. The van der Waals surface area contributed by atoms with Gasteiger partial charge in [0.1, 0.15) is 23.2 Å². The molecule has 1 aliphatic rings. The lowest BCUT2D eigenvalue weighted by atomic mass is 9.94. The van der Waals surface area contributed by atoms with E-state index in [1.54, 1.807) is 44.2 Å². The van der Waals surface area contributed by atoms with Crippen molar-refractivity contribution in [1.82, 2.24) is 4.90 Å². The van der Waals surface area contributed by atoms with Gasteiger partial charge in [0.15, 0.2) is 0 Å². The van der Waals surface area contributed by atoms with Crippen molar-refractivity contribution in [1.29, 1.82) is 5.26 Å². The second kappa shape index (κ2) is 9.50. The summed E-state index contributed by atoms with van der Waals surface area (Å²) in [6.07, 6.45) is 2.89. The first-order valence-electron chi connectivity index (χ1n) is 9.69. The number of amides is 2. The second-order valence-corrected chi connectivity index (χ2v) is 7.20. The normalized spacial score (nSPS) is 15.2. The van der Waals surface area contributed by atoms with Gasteiger partial charge in [0, 0.05) is 17.7 Å². The molecule has 1 aliphatic heterocycles. The Bertz CT molecular complexity index is 1230. The highest BCUT2D eigenvalue weighted by Gasteiger charge is 2.34. The Morgan fingerprint density at radius 2 is 2.03 bits per heavy atom. The Morgan fingerprint density at radius 1 is 1.28 bits per heavy atom. The fourth-order valence-corrected chi connectivity index (χ4v) is 3.39. The maximum atomic E-state index is 12.8. The van der Waals surface area contributed by atoms with E-state index in [1.165, 1.54) is 12.2 Å². The summed E-state index contributed by atoms with van der Waals surface area (Å²) in [7, 11) is 0. The summed E-state index contributed by atoms with van der Waals surface area (Å²) in [4.78, 5) is 38.3. The number of furan rings is 1. The predicted molar refractivity (Wildman–Crippen MR) is 118 cm³/mol. The number of carbonyl (C=O) groups is 3. The third-order valence-corrected chi connectivity index (χ3v) is 5.13. The van der Waals surface area contributed by atoms with E-state index in [1.807, 2.05) is 6.07 Å². The minimum absolute atomic E-state index is 0.0156. The number of rotatable bonds is 6. The summed E-state index contributed by atoms with van der Waals surface area (Å²) in [6.45, 7) is 7.00. The van der Waals surface area contributed by atoms with Crippen molar-refractivity contribution in [3.63, 3.8) is 0 Å². The molecule has 1 aromatic carbocycles. The Balaban J connectivity index is 2.01. The fraction of sp³-hybridized carbons (Fsp3) is 0.167. The van der Waals surface area contributed by atoms with Gasteiger partial charge in [-0.3, -0.25) is 14.5 Å². The van der Waals surface area contributed by atoms with Crippen LogP contribution in [0.25, 0.3) is 17.4 Å². The first-order chi connectivity index (χ1) is 15.3. The summed E-state index contributed by atoms with van der Waals surface area (Å²) < 4.78 is 10.9. The molecule has 2 aromatic rings. The van der Waals surface area contributed by atoms with E-state index in [4.69, 9.17) is 20.8 Å². The van der Waals surface area contributed by atoms with Crippen LogP contribution < -0.4 is 0 Å². The molecule has 0 radical (unpaired) electrons. The largest absolute Gasteiger partial charge is 0.462 e. The van der Waals surface area contributed by atoms with Crippen molar-refractivity contribution >= 4 is 35.5 Å². The van der Waals surface area contributed by atoms with Gasteiger partial charge in [0.25, 0.3) is 11.8 Å². The van der Waals surface area contributed by atoms with Crippen LogP contribution in [0.15, 0.2) is 64.1 Å². The van der Waals surface area contributed by atoms with Crippen LogP contribution in [0.1, 0.15) is 30.0 Å². The quantitative estimate of drug-likeness (QED) is 0.277. The van der Waals surface area contributed by atoms with Crippen LogP contribution in [-0.2, 0) is 14.3 Å². The number of hydrogen-bond acceptors (Lipinski definition) is 6. The van der Waals surface area contributed by atoms with Crippen LogP contribution >= 0.6 is 11.6 Å². The van der Waals surface area contributed by atoms with Crippen molar-refractivity contribution in [2.45, 2.75) is 13.8 Å². The summed E-state index contributed by atoms with van der Waals surface area (Å²) >= 11 is 6.11.